The Morgan fingerprint density at radius 3 is 2.22 bits per heavy atom. The molecule has 0 radical (unpaired) electrons. The zero-order chi connectivity index (χ0) is 26.0. The number of sulfonamides is 1. The lowest BCUT2D eigenvalue weighted by Crippen LogP contribution is -2.46. The Kier molecular flexibility index (Phi) is 7.48. The molecule has 8 nitrogen and oxygen atoms in total. The average Bonchev–Trinajstić information content (AvgIpc) is 3.14. The summed E-state index contributed by atoms with van der Waals surface area (Å²) in [4.78, 5) is 14.5. The first-order valence-electron chi connectivity index (χ1n) is 11.4. The van der Waals surface area contributed by atoms with Crippen LogP contribution in [0.4, 0.5) is 18.9 Å². The molecule has 4 rings (SSSR count). The van der Waals surface area contributed by atoms with Crippen LogP contribution in [-0.2, 0) is 19.6 Å². The Morgan fingerprint density at radius 2 is 1.58 bits per heavy atom. The van der Waals surface area contributed by atoms with Gasteiger partial charge in [0.25, 0.3) is 0 Å². The number of methoxy groups -OCH3 is 1. The zero-order valence-electron chi connectivity index (χ0n) is 19.7. The second-order valence-electron chi connectivity index (χ2n) is 8.72. The van der Waals surface area contributed by atoms with Gasteiger partial charge in [-0.15, -0.1) is 13.2 Å². The summed E-state index contributed by atoms with van der Waals surface area (Å²) in [7, 11) is -2.66. The number of carbonyl (C=O) groups excluding carboxylic acids is 1. The molecule has 1 spiro atoms. The number of amides is 1. The van der Waals surface area contributed by atoms with Crippen molar-refractivity contribution >= 4 is 21.6 Å². The van der Waals surface area contributed by atoms with Crippen LogP contribution >= 0.6 is 0 Å². The summed E-state index contributed by atoms with van der Waals surface area (Å²) >= 11 is 0. The Balaban J connectivity index is 1.43. The smallest absolute Gasteiger partial charge is 0.491 e. The van der Waals surface area contributed by atoms with Gasteiger partial charge in [-0.3, -0.25) is 4.79 Å². The summed E-state index contributed by atoms with van der Waals surface area (Å²) < 4.78 is 80.2. The predicted octanol–water partition coefficient (Wildman–Crippen LogP) is 3.82. The van der Waals surface area contributed by atoms with E-state index in [0.29, 0.717) is 31.9 Å². The third-order valence-electron chi connectivity index (χ3n) is 6.59. The summed E-state index contributed by atoms with van der Waals surface area (Å²) in [5, 5.41) is 0. The molecule has 0 N–H and O–H groups in total. The number of benzene rings is 2. The van der Waals surface area contributed by atoms with Crippen molar-refractivity contribution in [3.63, 3.8) is 0 Å². The molecule has 0 aromatic heterocycles. The van der Waals surface area contributed by atoms with E-state index in [0.717, 1.165) is 22.1 Å². The van der Waals surface area contributed by atoms with Gasteiger partial charge in [0.2, 0.25) is 15.9 Å². The summed E-state index contributed by atoms with van der Waals surface area (Å²) in [6, 6.07) is 11.8. The fraction of sp³-hybridized carbons (Fsp3) is 0.458. The van der Waals surface area contributed by atoms with Crippen LogP contribution in [-0.4, -0.2) is 65.0 Å². The van der Waals surface area contributed by atoms with E-state index in [2.05, 4.69) is 4.74 Å². The van der Waals surface area contributed by atoms with Gasteiger partial charge in [0.1, 0.15) is 23.0 Å². The molecule has 2 fully saturated rings. The number of ether oxygens (including phenoxy) is 3. The van der Waals surface area contributed by atoms with E-state index in [-0.39, 0.29) is 31.8 Å². The maximum atomic E-state index is 13.4. The molecule has 2 aliphatic rings. The number of rotatable bonds is 8. The zero-order valence-corrected chi connectivity index (χ0v) is 20.5. The van der Waals surface area contributed by atoms with Crippen LogP contribution in [0.25, 0.3) is 0 Å². The van der Waals surface area contributed by atoms with Crippen LogP contribution in [0.3, 0.4) is 0 Å². The number of alkyl halides is 3. The van der Waals surface area contributed by atoms with Crippen molar-refractivity contribution < 1.29 is 40.6 Å². The van der Waals surface area contributed by atoms with Crippen molar-refractivity contribution in [2.24, 2.45) is 5.41 Å². The SMILES string of the molecule is COCCOc1ccc(N2CCC3(CCN(S(=O)(=O)c4ccccc4OC(F)(F)F)CC3)C2=O)cc1. The maximum Gasteiger partial charge on any atom is 0.573 e. The van der Waals surface area contributed by atoms with Crippen molar-refractivity contribution in [3.8, 4) is 11.5 Å². The van der Waals surface area contributed by atoms with Crippen LogP contribution in [0, 0.1) is 5.41 Å². The van der Waals surface area contributed by atoms with Gasteiger partial charge in [-0.1, -0.05) is 12.1 Å². The Bertz CT molecular complexity index is 1180. The molecule has 196 valence electrons. The highest BCUT2D eigenvalue weighted by Gasteiger charge is 2.50. The van der Waals surface area contributed by atoms with Crippen LogP contribution in [0.2, 0.25) is 0 Å². The van der Waals surface area contributed by atoms with Gasteiger partial charge < -0.3 is 19.1 Å². The molecule has 12 heteroatoms. The van der Waals surface area contributed by atoms with Crippen molar-refractivity contribution in [1.29, 1.82) is 0 Å². The van der Waals surface area contributed by atoms with Gasteiger partial charge in [-0.2, -0.15) is 4.31 Å². The number of piperidine rings is 1. The van der Waals surface area contributed by atoms with Crippen molar-refractivity contribution in [3.05, 3.63) is 48.5 Å². The number of carbonyl (C=O) groups is 1. The molecular formula is C24H27F3N2O6S. The minimum absolute atomic E-state index is 0.0224. The fourth-order valence-electron chi connectivity index (χ4n) is 4.66. The van der Waals surface area contributed by atoms with E-state index in [4.69, 9.17) is 9.47 Å². The number of para-hydroxylation sites is 1. The van der Waals surface area contributed by atoms with Crippen molar-refractivity contribution in [2.75, 3.05) is 44.9 Å². The highest BCUT2D eigenvalue weighted by atomic mass is 32.2. The van der Waals surface area contributed by atoms with Gasteiger partial charge >= 0.3 is 6.36 Å². The van der Waals surface area contributed by atoms with Crippen LogP contribution in [0.5, 0.6) is 11.5 Å². The lowest BCUT2D eigenvalue weighted by molar-refractivity contribution is -0.275. The molecule has 0 aliphatic carbocycles. The quantitative estimate of drug-likeness (QED) is 0.485. The second-order valence-corrected chi connectivity index (χ2v) is 10.6. The molecule has 2 aromatic rings. The highest BCUT2D eigenvalue weighted by Crippen LogP contribution is 2.44. The standard InChI is InChI=1S/C24H27F3N2O6S/c1-33-16-17-34-19-8-6-18(7-9-19)29-15-12-23(22(29)30)10-13-28(14-11-23)36(31,32)21-5-3-2-4-20(21)35-24(25,26)27/h2-9H,10-17H2,1H3. The first kappa shape index (κ1) is 26.2. The monoisotopic (exact) mass is 528 g/mol. The van der Waals surface area contributed by atoms with E-state index in [9.17, 15) is 26.4 Å². The van der Waals surface area contributed by atoms with E-state index < -0.39 is 32.4 Å². The van der Waals surface area contributed by atoms with Crippen LogP contribution in [0.15, 0.2) is 53.4 Å². The Hall–Kier alpha value is -2.83. The molecule has 2 aliphatic heterocycles. The minimum atomic E-state index is -5.02. The molecular weight excluding hydrogens is 501 g/mol. The first-order chi connectivity index (χ1) is 17.1. The van der Waals surface area contributed by atoms with Gasteiger partial charge in [0.05, 0.1) is 12.0 Å². The molecule has 36 heavy (non-hydrogen) atoms. The molecule has 0 unspecified atom stereocenters. The third-order valence-corrected chi connectivity index (χ3v) is 8.53. The Morgan fingerprint density at radius 1 is 0.944 bits per heavy atom. The molecule has 0 atom stereocenters. The minimum Gasteiger partial charge on any atom is -0.491 e. The maximum absolute atomic E-state index is 13.4. The molecule has 2 aromatic carbocycles. The number of hydrogen-bond donors (Lipinski definition) is 0. The molecule has 2 heterocycles. The topological polar surface area (TPSA) is 85.4 Å². The van der Waals surface area contributed by atoms with Gasteiger partial charge in [-0.25, -0.2) is 8.42 Å². The third kappa shape index (κ3) is 5.45. The summed E-state index contributed by atoms with van der Waals surface area (Å²) in [6.07, 6.45) is -3.89. The number of nitrogens with zero attached hydrogens (tertiary/aromatic N) is 2. The van der Waals surface area contributed by atoms with E-state index in [1.807, 2.05) is 0 Å². The normalized spacial score (nSPS) is 18.6. The fourth-order valence-corrected chi connectivity index (χ4v) is 6.22. The molecule has 2 saturated heterocycles. The van der Waals surface area contributed by atoms with Gasteiger partial charge in [0, 0.05) is 32.4 Å². The lowest BCUT2D eigenvalue weighted by atomic mass is 9.77. The second kappa shape index (κ2) is 10.3. The lowest BCUT2D eigenvalue weighted by Gasteiger charge is -2.37. The number of halogens is 3. The van der Waals surface area contributed by atoms with E-state index >= 15 is 0 Å². The number of anilines is 1. The van der Waals surface area contributed by atoms with Crippen LogP contribution in [0.1, 0.15) is 19.3 Å². The number of hydrogen-bond acceptors (Lipinski definition) is 6. The van der Waals surface area contributed by atoms with Crippen LogP contribution < -0.4 is 14.4 Å². The Labute approximate surface area is 207 Å². The van der Waals surface area contributed by atoms with Gasteiger partial charge in [-0.05, 0) is 55.7 Å². The molecule has 0 saturated carbocycles. The first-order valence-corrected chi connectivity index (χ1v) is 12.9. The summed E-state index contributed by atoms with van der Waals surface area (Å²) in [5.74, 6) is -0.193. The largest absolute Gasteiger partial charge is 0.573 e. The molecule has 1 amide bonds. The van der Waals surface area contributed by atoms with Crippen molar-refractivity contribution in [2.45, 2.75) is 30.5 Å². The van der Waals surface area contributed by atoms with Gasteiger partial charge in [0.15, 0.2) is 0 Å². The highest BCUT2D eigenvalue weighted by molar-refractivity contribution is 7.89. The van der Waals surface area contributed by atoms with Crippen molar-refractivity contribution in [1.82, 2.24) is 4.31 Å². The van der Waals surface area contributed by atoms with E-state index in [1.54, 1.807) is 36.3 Å². The average molecular weight is 529 g/mol. The van der Waals surface area contributed by atoms with E-state index in [1.165, 1.54) is 12.1 Å². The molecule has 0 bridgehead atoms. The summed E-state index contributed by atoms with van der Waals surface area (Å²) in [5.41, 5.74) is 0.0194. The summed E-state index contributed by atoms with van der Waals surface area (Å²) in [6.45, 7) is 1.41. The predicted molar refractivity (Wildman–Crippen MR) is 124 cm³/mol.